The zero-order valence-corrected chi connectivity index (χ0v) is 8.74. The summed E-state index contributed by atoms with van der Waals surface area (Å²) in [6, 6.07) is 6.19. The Hall–Kier alpha value is -1.97. The highest BCUT2D eigenvalue weighted by Crippen LogP contribution is 2.18. The number of carbonyl (C=O) groups is 1. The van der Waals surface area contributed by atoms with Crippen LogP contribution in [0.4, 0.5) is 4.39 Å². The molecule has 4 heteroatoms. The first kappa shape index (κ1) is 10.5. The molecular weight excluding hydrogens is 209 g/mol. The molecule has 1 heterocycles. The van der Waals surface area contributed by atoms with Gasteiger partial charge in [0.15, 0.2) is 0 Å². The molecule has 0 aliphatic heterocycles. The summed E-state index contributed by atoms with van der Waals surface area (Å²) in [4.78, 5) is 15.2. The number of rotatable bonds is 2. The molecule has 0 unspecified atom stereocenters. The van der Waals surface area contributed by atoms with Crippen molar-refractivity contribution in [2.24, 2.45) is 0 Å². The largest absolute Gasteiger partial charge is 0.469 e. The summed E-state index contributed by atoms with van der Waals surface area (Å²) < 4.78 is 17.7. The Kier molecular flexibility index (Phi) is 2.81. The van der Waals surface area contributed by atoms with E-state index in [0.29, 0.717) is 11.1 Å². The van der Waals surface area contributed by atoms with E-state index < -0.39 is 0 Å². The second-order valence-electron chi connectivity index (χ2n) is 3.38. The first-order valence-electron chi connectivity index (χ1n) is 4.80. The van der Waals surface area contributed by atoms with Gasteiger partial charge in [0, 0.05) is 11.6 Å². The van der Waals surface area contributed by atoms with Crippen LogP contribution in [-0.4, -0.2) is 18.1 Å². The minimum absolute atomic E-state index is 0.0529. The van der Waals surface area contributed by atoms with Crippen LogP contribution < -0.4 is 0 Å². The molecule has 82 valence electrons. The Labute approximate surface area is 91.9 Å². The van der Waals surface area contributed by atoms with Gasteiger partial charge in [0.05, 0.1) is 19.2 Å². The van der Waals surface area contributed by atoms with E-state index in [1.54, 1.807) is 18.3 Å². The van der Waals surface area contributed by atoms with Crippen LogP contribution in [-0.2, 0) is 16.0 Å². The zero-order chi connectivity index (χ0) is 11.5. The molecule has 1 aromatic heterocycles. The van der Waals surface area contributed by atoms with E-state index in [9.17, 15) is 9.18 Å². The second-order valence-corrected chi connectivity index (χ2v) is 3.38. The molecule has 0 fully saturated rings. The number of methoxy groups -OCH3 is 1. The van der Waals surface area contributed by atoms with Gasteiger partial charge in [-0.3, -0.25) is 9.78 Å². The number of esters is 1. The summed E-state index contributed by atoms with van der Waals surface area (Å²) in [6.45, 7) is 0. The van der Waals surface area contributed by atoms with E-state index in [4.69, 9.17) is 0 Å². The van der Waals surface area contributed by atoms with Gasteiger partial charge in [-0.05, 0) is 23.6 Å². The highest BCUT2D eigenvalue weighted by atomic mass is 19.1. The molecule has 0 radical (unpaired) electrons. The lowest BCUT2D eigenvalue weighted by Crippen LogP contribution is -2.06. The molecule has 16 heavy (non-hydrogen) atoms. The molecule has 0 aliphatic rings. The van der Waals surface area contributed by atoms with Gasteiger partial charge in [-0.1, -0.05) is 6.07 Å². The van der Waals surface area contributed by atoms with E-state index in [-0.39, 0.29) is 18.2 Å². The topological polar surface area (TPSA) is 39.2 Å². The number of ether oxygens (including phenoxy) is 1. The predicted octanol–water partition coefficient (Wildman–Crippen LogP) is 2.09. The summed E-state index contributed by atoms with van der Waals surface area (Å²) in [7, 11) is 1.31. The summed E-state index contributed by atoms with van der Waals surface area (Å²) in [5.74, 6) is -0.726. The van der Waals surface area contributed by atoms with Gasteiger partial charge >= 0.3 is 5.97 Å². The minimum Gasteiger partial charge on any atom is -0.469 e. The summed E-state index contributed by atoms with van der Waals surface area (Å²) in [5.41, 5.74) is 0.531. The number of aromatic nitrogens is 1. The molecule has 2 aromatic rings. The van der Waals surface area contributed by atoms with Gasteiger partial charge < -0.3 is 4.74 Å². The molecule has 0 atom stereocenters. The number of nitrogens with zero attached hydrogens (tertiary/aromatic N) is 1. The van der Waals surface area contributed by atoms with Crippen LogP contribution in [0.25, 0.3) is 10.8 Å². The van der Waals surface area contributed by atoms with Crippen LogP contribution in [0.5, 0.6) is 0 Å². The van der Waals surface area contributed by atoms with Gasteiger partial charge in [-0.25, -0.2) is 4.39 Å². The van der Waals surface area contributed by atoms with Crippen molar-refractivity contribution in [3.8, 4) is 0 Å². The van der Waals surface area contributed by atoms with Crippen LogP contribution in [0.1, 0.15) is 5.69 Å². The Morgan fingerprint density at radius 1 is 1.44 bits per heavy atom. The molecule has 0 aliphatic carbocycles. The maximum Gasteiger partial charge on any atom is 0.311 e. The van der Waals surface area contributed by atoms with Crippen molar-refractivity contribution in [1.29, 1.82) is 0 Å². The van der Waals surface area contributed by atoms with Crippen LogP contribution in [0, 0.1) is 5.82 Å². The van der Waals surface area contributed by atoms with Gasteiger partial charge in [-0.15, -0.1) is 0 Å². The molecule has 2 rings (SSSR count). The Bertz CT molecular complexity index is 540. The third-order valence-electron chi connectivity index (χ3n) is 2.35. The minimum atomic E-state index is -0.385. The molecule has 3 nitrogen and oxygen atoms in total. The van der Waals surface area contributed by atoms with Crippen LogP contribution in [0.3, 0.4) is 0 Å². The van der Waals surface area contributed by atoms with Crippen molar-refractivity contribution in [2.75, 3.05) is 7.11 Å². The summed E-state index contributed by atoms with van der Waals surface area (Å²) in [6.07, 6.45) is 1.65. The number of halogens is 1. The van der Waals surface area contributed by atoms with Crippen molar-refractivity contribution in [1.82, 2.24) is 4.98 Å². The van der Waals surface area contributed by atoms with E-state index in [0.717, 1.165) is 5.39 Å². The molecule has 0 bridgehead atoms. The van der Waals surface area contributed by atoms with Crippen molar-refractivity contribution in [3.05, 3.63) is 42.0 Å². The van der Waals surface area contributed by atoms with Crippen LogP contribution >= 0.6 is 0 Å². The highest BCUT2D eigenvalue weighted by molar-refractivity contribution is 5.87. The Morgan fingerprint density at radius 3 is 3.00 bits per heavy atom. The predicted molar refractivity (Wildman–Crippen MR) is 57.4 cm³/mol. The quantitative estimate of drug-likeness (QED) is 0.726. The lowest BCUT2D eigenvalue weighted by Gasteiger charge is -2.04. The van der Waals surface area contributed by atoms with E-state index in [1.807, 2.05) is 0 Å². The number of pyridine rings is 1. The molecule has 0 saturated carbocycles. The molecular formula is C12H10FNO2. The lowest BCUT2D eigenvalue weighted by molar-refractivity contribution is -0.139. The lowest BCUT2D eigenvalue weighted by atomic mass is 10.1. The van der Waals surface area contributed by atoms with Crippen LogP contribution in [0.15, 0.2) is 30.5 Å². The average Bonchev–Trinajstić information content (AvgIpc) is 2.29. The van der Waals surface area contributed by atoms with Crippen molar-refractivity contribution in [3.63, 3.8) is 0 Å². The fourth-order valence-electron chi connectivity index (χ4n) is 1.55. The standard InChI is InChI=1S/C12H10FNO2/c1-16-12(15)7-11-10-6-9(13)3-2-8(10)4-5-14-11/h2-6H,7H2,1H3. The van der Waals surface area contributed by atoms with Gasteiger partial charge in [0.2, 0.25) is 0 Å². The van der Waals surface area contributed by atoms with E-state index >= 15 is 0 Å². The third kappa shape index (κ3) is 2.00. The smallest absolute Gasteiger partial charge is 0.311 e. The van der Waals surface area contributed by atoms with E-state index in [1.165, 1.54) is 19.2 Å². The molecule has 0 amide bonds. The third-order valence-corrected chi connectivity index (χ3v) is 2.35. The second kappa shape index (κ2) is 4.26. The molecule has 0 spiro atoms. The average molecular weight is 219 g/mol. The van der Waals surface area contributed by atoms with Crippen LogP contribution in [0.2, 0.25) is 0 Å². The first-order valence-corrected chi connectivity index (χ1v) is 4.80. The SMILES string of the molecule is COC(=O)Cc1nccc2ccc(F)cc12. The maximum absolute atomic E-state index is 13.1. The van der Waals surface area contributed by atoms with Gasteiger partial charge in [-0.2, -0.15) is 0 Å². The molecule has 1 aromatic carbocycles. The van der Waals surface area contributed by atoms with E-state index in [2.05, 4.69) is 9.72 Å². The number of hydrogen-bond donors (Lipinski definition) is 0. The monoisotopic (exact) mass is 219 g/mol. The Balaban J connectivity index is 2.52. The maximum atomic E-state index is 13.1. The number of carbonyl (C=O) groups excluding carboxylic acids is 1. The van der Waals surface area contributed by atoms with Crippen molar-refractivity contribution >= 4 is 16.7 Å². The number of hydrogen-bond acceptors (Lipinski definition) is 3. The molecule has 0 saturated heterocycles. The normalized spacial score (nSPS) is 10.4. The Morgan fingerprint density at radius 2 is 2.25 bits per heavy atom. The fraction of sp³-hybridized carbons (Fsp3) is 0.167. The summed E-state index contributed by atoms with van der Waals surface area (Å²) >= 11 is 0. The number of benzene rings is 1. The van der Waals surface area contributed by atoms with Crippen molar-refractivity contribution in [2.45, 2.75) is 6.42 Å². The molecule has 0 N–H and O–H groups in total. The highest BCUT2D eigenvalue weighted by Gasteiger charge is 2.08. The fourth-order valence-corrected chi connectivity index (χ4v) is 1.55. The zero-order valence-electron chi connectivity index (χ0n) is 8.74. The van der Waals surface area contributed by atoms with Gasteiger partial charge in [0.1, 0.15) is 5.82 Å². The first-order chi connectivity index (χ1) is 7.70. The number of fused-ring (bicyclic) bond motifs is 1. The summed E-state index contributed by atoms with van der Waals surface area (Å²) in [5, 5.41) is 1.50. The van der Waals surface area contributed by atoms with Crippen molar-refractivity contribution < 1.29 is 13.9 Å². The van der Waals surface area contributed by atoms with Gasteiger partial charge in [0.25, 0.3) is 0 Å².